The Morgan fingerprint density at radius 2 is 2.04 bits per heavy atom. The Morgan fingerprint density at radius 1 is 1.43 bits per heavy atom. The molecule has 2 unspecified atom stereocenters. The summed E-state index contributed by atoms with van der Waals surface area (Å²) in [7, 11) is 0. The summed E-state index contributed by atoms with van der Waals surface area (Å²) in [5.41, 5.74) is 13.8. The highest BCUT2D eigenvalue weighted by atomic mass is 35.5. The number of aliphatic hydroxyl groups is 1. The van der Waals surface area contributed by atoms with Gasteiger partial charge in [0, 0.05) is 11.5 Å². The molecule has 4 atom stereocenters. The molecule has 1 aromatic heterocycles. The summed E-state index contributed by atoms with van der Waals surface area (Å²) in [5.74, 6) is -1.51. The fourth-order valence-corrected chi connectivity index (χ4v) is 4.23. The summed E-state index contributed by atoms with van der Waals surface area (Å²) in [6.07, 6.45) is 0.0462. The number of nitrogens with two attached hydrogens (primary N) is 2. The van der Waals surface area contributed by atoms with Crippen molar-refractivity contribution < 1.29 is 14.6 Å². The van der Waals surface area contributed by atoms with E-state index in [1.807, 2.05) is 32.6 Å². The van der Waals surface area contributed by atoms with Crippen molar-refractivity contribution in [3.05, 3.63) is 10.7 Å². The van der Waals surface area contributed by atoms with Crippen LogP contribution < -0.4 is 21.7 Å². The summed E-state index contributed by atoms with van der Waals surface area (Å²) in [6, 6.07) is -0.210. The number of fused-ring (bicyclic) bond motifs is 1. The van der Waals surface area contributed by atoms with Crippen molar-refractivity contribution in [3.63, 3.8) is 0 Å². The molecule has 6 N–H and O–H groups in total. The molecular weight excluding hydrogens is 382 g/mol. The van der Waals surface area contributed by atoms with Gasteiger partial charge in [-0.25, -0.2) is 4.98 Å². The van der Waals surface area contributed by atoms with Crippen LogP contribution in [-0.2, 0) is 9.53 Å². The van der Waals surface area contributed by atoms with Gasteiger partial charge in [-0.3, -0.25) is 4.79 Å². The Kier molecular flexibility index (Phi) is 6.68. The number of ether oxygens (including phenoxy) is 1. The quantitative estimate of drug-likeness (QED) is 0.441. The van der Waals surface area contributed by atoms with Crippen molar-refractivity contribution in [2.45, 2.75) is 65.9 Å². The van der Waals surface area contributed by atoms with E-state index in [0.29, 0.717) is 29.7 Å². The first-order valence-electron chi connectivity index (χ1n) is 9.67. The number of anilines is 3. The number of aromatic nitrogens is 1. The van der Waals surface area contributed by atoms with Gasteiger partial charge >= 0.3 is 0 Å². The van der Waals surface area contributed by atoms with Crippen molar-refractivity contribution in [1.82, 2.24) is 4.98 Å². The number of nitrogens with zero attached hydrogens (tertiary/aromatic N) is 2. The van der Waals surface area contributed by atoms with Crippen LogP contribution in [0.5, 0.6) is 0 Å². The first-order valence-corrected chi connectivity index (χ1v) is 10.0. The number of nitrogen functional groups attached to an aromatic ring is 1. The van der Waals surface area contributed by atoms with E-state index in [1.54, 1.807) is 13.8 Å². The Bertz CT molecular complexity index is 737. The van der Waals surface area contributed by atoms with Crippen molar-refractivity contribution >= 4 is 34.7 Å². The number of amides is 1. The van der Waals surface area contributed by atoms with Gasteiger partial charge in [0.15, 0.2) is 11.6 Å². The van der Waals surface area contributed by atoms with Crippen LogP contribution in [0.3, 0.4) is 0 Å². The number of carbonyl (C=O) groups excluding carboxylic acids is 1. The second-order valence-electron chi connectivity index (χ2n) is 7.64. The molecule has 28 heavy (non-hydrogen) atoms. The van der Waals surface area contributed by atoms with E-state index in [9.17, 15) is 9.90 Å². The van der Waals surface area contributed by atoms with Crippen molar-refractivity contribution in [1.29, 1.82) is 0 Å². The number of hydrogen-bond donors (Lipinski definition) is 4. The molecule has 0 bridgehead atoms. The number of primary amides is 1. The van der Waals surface area contributed by atoms with Crippen LogP contribution in [0.2, 0.25) is 5.15 Å². The second kappa shape index (κ2) is 8.31. The van der Waals surface area contributed by atoms with Crippen molar-refractivity contribution in [3.8, 4) is 0 Å². The minimum Gasteiger partial charge on any atom is -0.397 e. The number of carbonyl (C=O) groups is 1. The zero-order valence-corrected chi connectivity index (χ0v) is 18.2. The third kappa shape index (κ3) is 4.14. The van der Waals surface area contributed by atoms with E-state index >= 15 is 0 Å². The zero-order chi connectivity index (χ0) is 21.4. The van der Waals surface area contributed by atoms with Gasteiger partial charge in [-0.05, 0) is 33.1 Å². The summed E-state index contributed by atoms with van der Waals surface area (Å²) in [5, 5.41) is 13.7. The molecule has 1 fully saturated rings. The molecule has 0 radical (unpaired) electrons. The SMILES string of the molecule is CC.Cc1c(Cl)nc2c(c1N)NCN2C1[C@@H](C)C(C(N)=O)C[C@H]1OC(C)(C)O. The largest absolute Gasteiger partial charge is 0.397 e. The van der Waals surface area contributed by atoms with Crippen LogP contribution in [0.25, 0.3) is 0 Å². The predicted molar refractivity (Wildman–Crippen MR) is 112 cm³/mol. The first kappa shape index (κ1) is 22.5. The monoisotopic (exact) mass is 413 g/mol. The Morgan fingerprint density at radius 3 is 2.57 bits per heavy atom. The fraction of sp³-hybridized carbons (Fsp3) is 0.684. The minimum absolute atomic E-state index is 0.0873. The van der Waals surface area contributed by atoms with Gasteiger partial charge in [0.25, 0.3) is 0 Å². The standard InChI is InChI=1S/C17H26ClN5O3.C2H6/c1-7-9(15(20)24)5-10(26-17(3,4)25)13(7)23-6-21-12-11(19)8(2)14(18)22-16(12)23;1-2/h7,9-10,13,21,25H,5-6H2,1-4H3,(H2,19,22)(H2,20,24);1-2H3/t7-,9?,10+,13?;/m0./s1. The van der Waals surface area contributed by atoms with Gasteiger partial charge in [-0.15, -0.1) is 0 Å². The fourth-order valence-electron chi connectivity index (χ4n) is 4.05. The molecule has 0 spiro atoms. The molecule has 1 aliphatic heterocycles. The Hall–Kier alpha value is -1.77. The van der Waals surface area contributed by atoms with Gasteiger partial charge in [-0.2, -0.15) is 0 Å². The van der Waals surface area contributed by atoms with Crippen LogP contribution in [0.4, 0.5) is 17.2 Å². The van der Waals surface area contributed by atoms with Crippen LogP contribution >= 0.6 is 11.6 Å². The topological polar surface area (TPSA) is 127 Å². The maximum Gasteiger partial charge on any atom is 0.220 e. The smallest absolute Gasteiger partial charge is 0.220 e. The van der Waals surface area contributed by atoms with E-state index in [4.69, 9.17) is 27.8 Å². The summed E-state index contributed by atoms with van der Waals surface area (Å²) in [6.45, 7) is 11.4. The summed E-state index contributed by atoms with van der Waals surface area (Å²) >= 11 is 6.24. The van der Waals surface area contributed by atoms with Crippen LogP contribution in [-0.4, -0.2) is 40.6 Å². The van der Waals surface area contributed by atoms with Gasteiger partial charge in [0.2, 0.25) is 5.91 Å². The van der Waals surface area contributed by atoms with Gasteiger partial charge in [0.05, 0.1) is 24.5 Å². The highest BCUT2D eigenvalue weighted by molar-refractivity contribution is 6.31. The van der Waals surface area contributed by atoms with Crippen LogP contribution in [0.1, 0.15) is 46.6 Å². The van der Waals surface area contributed by atoms with Gasteiger partial charge < -0.3 is 31.5 Å². The molecule has 0 aromatic carbocycles. The molecule has 1 aromatic rings. The van der Waals surface area contributed by atoms with E-state index in [2.05, 4.69) is 10.3 Å². The average molecular weight is 414 g/mol. The maximum atomic E-state index is 11.9. The number of pyridine rings is 1. The molecule has 158 valence electrons. The van der Waals surface area contributed by atoms with E-state index in [-0.39, 0.29) is 23.8 Å². The van der Waals surface area contributed by atoms with Crippen LogP contribution in [0.15, 0.2) is 0 Å². The third-order valence-corrected chi connectivity index (χ3v) is 5.68. The Labute approximate surface area is 171 Å². The Balaban J connectivity index is 0.00000136. The van der Waals surface area contributed by atoms with Gasteiger partial charge in [0.1, 0.15) is 10.8 Å². The van der Waals surface area contributed by atoms with Crippen molar-refractivity contribution in [2.24, 2.45) is 17.6 Å². The number of nitrogens with one attached hydrogen (secondary N) is 1. The first-order chi connectivity index (χ1) is 13.0. The molecule has 1 amide bonds. The van der Waals surface area contributed by atoms with E-state index in [0.717, 1.165) is 11.3 Å². The highest BCUT2D eigenvalue weighted by Crippen LogP contribution is 2.45. The van der Waals surface area contributed by atoms with E-state index < -0.39 is 11.9 Å². The number of halogens is 1. The molecule has 2 aliphatic rings. The molecule has 2 heterocycles. The summed E-state index contributed by atoms with van der Waals surface area (Å²) in [4.78, 5) is 18.4. The molecule has 1 saturated carbocycles. The lowest BCUT2D eigenvalue weighted by atomic mass is 9.94. The van der Waals surface area contributed by atoms with Crippen molar-refractivity contribution in [2.75, 3.05) is 22.6 Å². The second-order valence-corrected chi connectivity index (χ2v) is 8.00. The maximum absolute atomic E-state index is 11.9. The van der Waals surface area contributed by atoms with Gasteiger partial charge in [-0.1, -0.05) is 32.4 Å². The van der Waals surface area contributed by atoms with Crippen LogP contribution in [0, 0.1) is 18.8 Å². The third-order valence-electron chi connectivity index (χ3n) is 5.31. The average Bonchev–Trinajstić information content (AvgIpc) is 3.14. The zero-order valence-electron chi connectivity index (χ0n) is 17.4. The number of rotatable bonds is 4. The minimum atomic E-state index is -1.33. The van der Waals surface area contributed by atoms with E-state index in [1.165, 1.54) is 0 Å². The molecule has 1 aliphatic carbocycles. The molecule has 3 rings (SSSR count). The molecular formula is C19H32ClN5O3. The molecule has 0 saturated heterocycles. The predicted octanol–water partition coefficient (Wildman–Crippen LogP) is 2.46. The molecule has 8 nitrogen and oxygen atoms in total. The lowest BCUT2D eigenvalue weighted by molar-refractivity contribution is -0.207. The lowest BCUT2D eigenvalue weighted by Crippen LogP contribution is -2.48. The lowest BCUT2D eigenvalue weighted by Gasteiger charge is -2.35. The normalized spacial score (nSPS) is 26.4. The summed E-state index contributed by atoms with van der Waals surface area (Å²) < 4.78 is 5.86. The highest BCUT2D eigenvalue weighted by Gasteiger charge is 2.50. The number of hydrogen-bond acceptors (Lipinski definition) is 7. The molecule has 9 heteroatoms.